The molecule has 1 heteroatoms. The van der Waals surface area contributed by atoms with Crippen LogP contribution in [0, 0.1) is 6.92 Å². The van der Waals surface area contributed by atoms with Gasteiger partial charge in [-0.05, 0) is 92.7 Å². The Bertz CT molecular complexity index is 913. The van der Waals surface area contributed by atoms with Crippen molar-refractivity contribution in [3.05, 3.63) is 82.9 Å². The Labute approximate surface area is 169 Å². The molecule has 1 unspecified atom stereocenters. The minimum Gasteiger partial charge on any atom is -0.483 e. The van der Waals surface area contributed by atoms with Gasteiger partial charge in [0.05, 0.1) is 0 Å². The average Bonchev–Trinajstić information content (AvgIpc) is 2.75. The van der Waals surface area contributed by atoms with E-state index in [4.69, 9.17) is 4.74 Å². The second-order valence-corrected chi connectivity index (χ2v) is 8.90. The fourth-order valence-corrected chi connectivity index (χ4v) is 5.30. The summed E-state index contributed by atoms with van der Waals surface area (Å²) in [5, 5.41) is 0. The van der Waals surface area contributed by atoms with Crippen molar-refractivity contribution in [1.82, 2.24) is 0 Å². The molecule has 2 aromatic carbocycles. The number of ether oxygens (including phenoxy) is 1. The lowest BCUT2D eigenvalue weighted by molar-refractivity contribution is 0.0745. The number of hydrogen-bond donors (Lipinski definition) is 0. The first-order chi connectivity index (χ1) is 13.7. The Hall–Kier alpha value is -2.28. The molecule has 1 spiro atoms. The molecule has 144 valence electrons. The first kappa shape index (κ1) is 17.8. The van der Waals surface area contributed by atoms with Crippen LogP contribution in [0.4, 0.5) is 0 Å². The summed E-state index contributed by atoms with van der Waals surface area (Å²) in [5.41, 5.74) is 7.02. The lowest BCUT2D eigenvalue weighted by Gasteiger charge is -2.40. The Morgan fingerprint density at radius 3 is 2.54 bits per heavy atom. The molecule has 2 aromatic rings. The summed E-state index contributed by atoms with van der Waals surface area (Å²) >= 11 is 0. The van der Waals surface area contributed by atoms with E-state index in [1.807, 2.05) is 0 Å². The zero-order valence-corrected chi connectivity index (χ0v) is 16.9. The van der Waals surface area contributed by atoms with Crippen molar-refractivity contribution >= 4 is 5.57 Å². The highest BCUT2D eigenvalue weighted by Gasteiger charge is 2.37. The first-order valence-corrected chi connectivity index (χ1v) is 11.0. The third kappa shape index (κ3) is 3.32. The molecule has 3 aliphatic rings. The molecule has 0 radical (unpaired) electrons. The zero-order chi connectivity index (χ0) is 19.0. The van der Waals surface area contributed by atoms with E-state index in [0.29, 0.717) is 5.92 Å². The van der Waals surface area contributed by atoms with Gasteiger partial charge >= 0.3 is 0 Å². The molecule has 28 heavy (non-hydrogen) atoms. The van der Waals surface area contributed by atoms with Crippen molar-refractivity contribution in [2.24, 2.45) is 0 Å². The SMILES string of the molecule is Cc1ccc2c(c1)C(C1=CCC(c3ccccc3)CC1)=CC1(CCCCC1)O2. The number of aryl methyl sites for hydroxylation is 1. The second-order valence-electron chi connectivity index (χ2n) is 8.90. The number of hydrogen-bond acceptors (Lipinski definition) is 1. The molecule has 1 saturated carbocycles. The van der Waals surface area contributed by atoms with E-state index in [9.17, 15) is 0 Å². The minimum atomic E-state index is -0.0764. The van der Waals surface area contributed by atoms with Crippen LogP contribution in [-0.4, -0.2) is 5.60 Å². The summed E-state index contributed by atoms with van der Waals surface area (Å²) in [6.45, 7) is 2.18. The fraction of sp³-hybridized carbons (Fsp3) is 0.407. The van der Waals surface area contributed by atoms with E-state index < -0.39 is 0 Å². The molecule has 2 aliphatic carbocycles. The molecule has 0 N–H and O–H groups in total. The third-order valence-electron chi connectivity index (χ3n) is 6.87. The van der Waals surface area contributed by atoms with Crippen LogP contribution in [0.15, 0.2) is 66.3 Å². The normalized spacial score (nSPS) is 23.4. The average molecular weight is 371 g/mol. The van der Waals surface area contributed by atoms with Crippen LogP contribution in [0.3, 0.4) is 0 Å². The molecule has 1 atom stereocenters. The lowest BCUT2D eigenvalue weighted by Crippen LogP contribution is -2.38. The Kier molecular flexibility index (Phi) is 4.62. The molecule has 1 nitrogen and oxygen atoms in total. The van der Waals surface area contributed by atoms with Crippen molar-refractivity contribution in [1.29, 1.82) is 0 Å². The molecular formula is C27H30O. The molecule has 0 bridgehead atoms. The van der Waals surface area contributed by atoms with Crippen LogP contribution in [0.5, 0.6) is 5.75 Å². The summed E-state index contributed by atoms with van der Waals surface area (Å²) in [4.78, 5) is 0. The standard InChI is InChI=1S/C27H30O/c1-20-10-15-26-24(18-20)25(19-27(28-26)16-6-3-7-17-27)23-13-11-22(12-14-23)21-8-4-2-5-9-21/h2,4-5,8-10,13,15,18-19,22H,3,6-7,11-12,14,16-17H2,1H3. The maximum absolute atomic E-state index is 6.62. The molecule has 5 rings (SSSR count). The predicted octanol–water partition coefficient (Wildman–Crippen LogP) is 7.37. The molecule has 0 aromatic heterocycles. The van der Waals surface area contributed by atoms with Crippen molar-refractivity contribution in [2.45, 2.75) is 69.8 Å². The molecule has 0 amide bonds. The smallest absolute Gasteiger partial charge is 0.128 e. The molecule has 1 aliphatic heterocycles. The lowest BCUT2D eigenvalue weighted by atomic mass is 9.76. The van der Waals surface area contributed by atoms with Crippen LogP contribution in [0.2, 0.25) is 0 Å². The highest BCUT2D eigenvalue weighted by atomic mass is 16.5. The van der Waals surface area contributed by atoms with Crippen molar-refractivity contribution in [3.8, 4) is 5.75 Å². The summed E-state index contributed by atoms with van der Waals surface area (Å²) < 4.78 is 6.62. The number of allylic oxidation sites excluding steroid dienone is 3. The number of fused-ring (bicyclic) bond motifs is 1. The highest BCUT2D eigenvalue weighted by molar-refractivity contribution is 5.84. The number of rotatable bonds is 2. The first-order valence-electron chi connectivity index (χ1n) is 11.0. The van der Waals surface area contributed by atoms with Crippen LogP contribution >= 0.6 is 0 Å². The quantitative estimate of drug-likeness (QED) is 0.536. The topological polar surface area (TPSA) is 9.23 Å². The van der Waals surface area contributed by atoms with E-state index >= 15 is 0 Å². The van der Waals surface area contributed by atoms with Crippen LogP contribution in [0.1, 0.15) is 74.0 Å². The number of benzene rings is 2. The van der Waals surface area contributed by atoms with E-state index in [0.717, 1.165) is 31.4 Å². The van der Waals surface area contributed by atoms with E-state index in [1.54, 1.807) is 0 Å². The highest BCUT2D eigenvalue weighted by Crippen LogP contribution is 2.47. The zero-order valence-electron chi connectivity index (χ0n) is 16.9. The molecule has 1 fully saturated rings. The molecular weight excluding hydrogens is 340 g/mol. The van der Waals surface area contributed by atoms with Gasteiger partial charge in [-0.15, -0.1) is 0 Å². The Balaban J connectivity index is 1.50. The van der Waals surface area contributed by atoms with E-state index in [-0.39, 0.29) is 5.60 Å². The van der Waals surface area contributed by atoms with Crippen molar-refractivity contribution < 1.29 is 4.74 Å². The van der Waals surface area contributed by atoms with Gasteiger partial charge in [0.2, 0.25) is 0 Å². The monoisotopic (exact) mass is 370 g/mol. The van der Waals surface area contributed by atoms with Gasteiger partial charge in [0, 0.05) is 5.56 Å². The van der Waals surface area contributed by atoms with Gasteiger partial charge < -0.3 is 4.74 Å². The fourth-order valence-electron chi connectivity index (χ4n) is 5.30. The summed E-state index contributed by atoms with van der Waals surface area (Å²) in [6, 6.07) is 17.7. The molecule has 1 heterocycles. The van der Waals surface area contributed by atoms with Gasteiger partial charge in [-0.25, -0.2) is 0 Å². The Morgan fingerprint density at radius 2 is 1.79 bits per heavy atom. The van der Waals surface area contributed by atoms with Gasteiger partial charge in [-0.2, -0.15) is 0 Å². The largest absolute Gasteiger partial charge is 0.483 e. The van der Waals surface area contributed by atoms with E-state index in [2.05, 4.69) is 67.6 Å². The minimum absolute atomic E-state index is 0.0764. The maximum Gasteiger partial charge on any atom is 0.128 e. The predicted molar refractivity (Wildman–Crippen MR) is 117 cm³/mol. The summed E-state index contributed by atoms with van der Waals surface area (Å²) in [6.07, 6.45) is 14.8. The van der Waals surface area contributed by atoms with Crippen molar-refractivity contribution in [3.63, 3.8) is 0 Å². The van der Waals surface area contributed by atoms with Crippen LogP contribution < -0.4 is 4.74 Å². The second kappa shape index (κ2) is 7.28. The van der Waals surface area contributed by atoms with Gasteiger partial charge in [0.1, 0.15) is 11.4 Å². The van der Waals surface area contributed by atoms with Crippen LogP contribution in [0.25, 0.3) is 5.57 Å². The van der Waals surface area contributed by atoms with E-state index in [1.165, 1.54) is 53.5 Å². The van der Waals surface area contributed by atoms with Gasteiger partial charge in [0.25, 0.3) is 0 Å². The summed E-state index contributed by atoms with van der Waals surface area (Å²) in [7, 11) is 0. The maximum atomic E-state index is 6.62. The summed E-state index contributed by atoms with van der Waals surface area (Å²) in [5.74, 6) is 1.75. The van der Waals surface area contributed by atoms with Crippen LogP contribution in [-0.2, 0) is 0 Å². The Morgan fingerprint density at radius 1 is 0.964 bits per heavy atom. The third-order valence-corrected chi connectivity index (χ3v) is 6.87. The van der Waals surface area contributed by atoms with Crippen molar-refractivity contribution in [2.75, 3.05) is 0 Å². The van der Waals surface area contributed by atoms with Gasteiger partial charge in [0.15, 0.2) is 0 Å². The molecule has 0 saturated heterocycles. The van der Waals surface area contributed by atoms with Gasteiger partial charge in [-0.3, -0.25) is 0 Å². The van der Waals surface area contributed by atoms with Gasteiger partial charge in [-0.1, -0.05) is 54.5 Å².